The first-order valence-corrected chi connectivity index (χ1v) is 8.06. The van der Waals surface area contributed by atoms with Crippen molar-refractivity contribution in [1.82, 2.24) is 9.88 Å². The number of rotatable bonds is 4. The molecule has 1 aliphatic carbocycles. The van der Waals surface area contributed by atoms with Gasteiger partial charge in [0, 0.05) is 18.3 Å². The third-order valence-corrected chi connectivity index (χ3v) is 4.80. The van der Waals surface area contributed by atoms with E-state index in [-0.39, 0.29) is 23.9 Å². The van der Waals surface area contributed by atoms with Crippen molar-refractivity contribution in [2.24, 2.45) is 11.8 Å². The average Bonchev–Trinajstić information content (AvgIpc) is 2.95. The molecule has 2 atom stereocenters. The minimum absolute atomic E-state index is 0.00613. The maximum atomic E-state index is 12.5. The molecule has 0 saturated heterocycles. The van der Waals surface area contributed by atoms with Crippen molar-refractivity contribution in [1.29, 1.82) is 0 Å². The maximum absolute atomic E-state index is 12.5. The number of halogens is 3. The topological polar surface area (TPSA) is 70.5 Å². The number of amides is 1. The Balaban J connectivity index is 1.97. The molecule has 5 nitrogen and oxygen atoms in total. The van der Waals surface area contributed by atoms with Crippen molar-refractivity contribution in [3.05, 3.63) is 16.1 Å². The molecule has 1 saturated carbocycles. The van der Waals surface area contributed by atoms with Crippen LogP contribution in [0.4, 0.5) is 13.2 Å². The molecule has 1 N–H and O–H groups in total. The van der Waals surface area contributed by atoms with Gasteiger partial charge in [-0.1, -0.05) is 6.42 Å². The highest BCUT2D eigenvalue weighted by Gasteiger charge is 2.35. The Morgan fingerprint density at radius 2 is 2.04 bits per heavy atom. The van der Waals surface area contributed by atoms with Crippen LogP contribution < -0.4 is 0 Å². The van der Waals surface area contributed by atoms with Gasteiger partial charge in [-0.15, -0.1) is 11.3 Å². The van der Waals surface area contributed by atoms with Crippen LogP contribution in [0.2, 0.25) is 0 Å². The van der Waals surface area contributed by atoms with Gasteiger partial charge in [-0.3, -0.25) is 9.59 Å². The zero-order valence-electron chi connectivity index (χ0n) is 12.5. The van der Waals surface area contributed by atoms with Gasteiger partial charge in [-0.05, 0) is 19.3 Å². The smallest absolute Gasteiger partial charge is 0.434 e. The van der Waals surface area contributed by atoms with Crippen LogP contribution in [0.5, 0.6) is 0 Å². The fourth-order valence-corrected chi connectivity index (χ4v) is 3.60. The van der Waals surface area contributed by atoms with E-state index in [2.05, 4.69) is 4.98 Å². The van der Waals surface area contributed by atoms with E-state index in [0.717, 1.165) is 16.7 Å². The molecule has 0 bridgehead atoms. The van der Waals surface area contributed by atoms with Crippen molar-refractivity contribution in [3.8, 4) is 0 Å². The Morgan fingerprint density at radius 1 is 1.39 bits per heavy atom. The quantitative estimate of drug-likeness (QED) is 0.906. The zero-order chi connectivity index (χ0) is 17.2. The molecule has 1 fully saturated rings. The molecule has 0 radical (unpaired) electrons. The molecule has 1 heterocycles. The molecule has 0 aliphatic heterocycles. The number of aliphatic carboxylic acids is 1. The fraction of sp³-hybridized carbons (Fsp3) is 0.643. The number of aromatic nitrogens is 1. The Kier molecular flexibility index (Phi) is 5.28. The van der Waals surface area contributed by atoms with Crippen LogP contribution in [-0.2, 0) is 22.3 Å². The van der Waals surface area contributed by atoms with Gasteiger partial charge < -0.3 is 10.0 Å². The third kappa shape index (κ3) is 4.43. The highest BCUT2D eigenvalue weighted by molar-refractivity contribution is 7.09. The van der Waals surface area contributed by atoms with Crippen LogP contribution in [0.15, 0.2) is 5.38 Å². The van der Waals surface area contributed by atoms with Crippen LogP contribution in [0.1, 0.15) is 36.4 Å². The summed E-state index contributed by atoms with van der Waals surface area (Å²) in [7, 11) is 1.50. The van der Waals surface area contributed by atoms with Crippen molar-refractivity contribution in [2.75, 3.05) is 7.05 Å². The summed E-state index contributed by atoms with van der Waals surface area (Å²) in [5.74, 6) is -2.06. The largest absolute Gasteiger partial charge is 0.481 e. The van der Waals surface area contributed by atoms with E-state index >= 15 is 0 Å². The van der Waals surface area contributed by atoms with Gasteiger partial charge in [0.25, 0.3) is 0 Å². The van der Waals surface area contributed by atoms with Crippen molar-refractivity contribution in [3.63, 3.8) is 0 Å². The van der Waals surface area contributed by atoms with Gasteiger partial charge >= 0.3 is 12.1 Å². The van der Waals surface area contributed by atoms with Crippen molar-refractivity contribution >= 4 is 23.2 Å². The number of hydrogen-bond donors (Lipinski definition) is 1. The first-order chi connectivity index (χ1) is 10.7. The summed E-state index contributed by atoms with van der Waals surface area (Å²) in [5, 5.41) is 10.2. The SMILES string of the molecule is CN(Cc1nc(C(F)(F)F)cs1)C(=O)C1CCCC(C(=O)O)C1. The van der Waals surface area contributed by atoms with E-state index < -0.39 is 29.7 Å². The van der Waals surface area contributed by atoms with Crippen molar-refractivity contribution < 1.29 is 27.9 Å². The summed E-state index contributed by atoms with van der Waals surface area (Å²) in [6, 6.07) is 0. The first-order valence-electron chi connectivity index (χ1n) is 7.18. The second-order valence-corrected chi connectivity index (χ2v) is 6.66. The van der Waals surface area contributed by atoms with Crippen LogP contribution in [0, 0.1) is 11.8 Å². The molecule has 1 aromatic rings. The Hall–Kier alpha value is -1.64. The second kappa shape index (κ2) is 6.86. The molecule has 0 aromatic carbocycles. The summed E-state index contributed by atoms with van der Waals surface area (Å²) >= 11 is 0.855. The lowest BCUT2D eigenvalue weighted by molar-refractivity contribution is -0.145. The van der Waals surface area contributed by atoms with Crippen LogP contribution in [-0.4, -0.2) is 33.9 Å². The molecular weight excluding hydrogens is 333 g/mol. The number of hydrogen-bond acceptors (Lipinski definition) is 4. The summed E-state index contributed by atoms with van der Waals surface area (Å²) in [6.07, 6.45) is -2.38. The number of nitrogens with zero attached hydrogens (tertiary/aromatic N) is 2. The summed E-state index contributed by atoms with van der Waals surface area (Å²) < 4.78 is 37.5. The van der Waals surface area contributed by atoms with Gasteiger partial charge in [-0.25, -0.2) is 4.98 Å². The standard InChI is InChI=1S/C14H17F3N2O3S/c1-19(6-11-18-10(7-23-11)14(15,16)17)12(20)8-3-2-4-9(5-8)13(21)22/h7-9H,2-6H2,1H3,(H,21,22). The monoisotopic (exact) mass is 350 g/mol. The molecule has 0 spiro atoms. The van der Waals surface area contributed by atoms with Crippen LogP contribution in [0.25, 0.3) is 0 Å². The van der Waals surface area contributed by atoms with Gasteiger partial charge in [0.15, 0.2) is 5.69 Å². The summed E-state index contributed by atoms with van der Waals surface area (Å²) in [6.45, 7) is -0.00613. The van der Waals surface area contributed by atoms with Gasteiger partial charge in [0.1, 0.15) is 5.01 Å². The molecule has 1 aliphatic rings. The van der Waals surface area contributed by atoms with Gasteiger partial charge in [0.2, 0.25) is 5.91 Å². The normalized spacial score (nSPS) is 21.9. The molecular formula is C14H17F3N2O3S. The Labute approximate surface area is 135 Å². The van der Waals surface area contributed by atoms with E-state index in [0.29, 0.717) is 19.3 Å². The van der Waals surface area contributed by atoms with Crippen molar-refractivity contribution in [2.45, 2.75) is 38.4 Å². The third-order valence-electron chi connectivity index (χ3n) is 3.96. The van der Waals surface area contributed by atoms with Gasteiger partial charge in [0.05, 0.1) is 12.5 Å². The van der Waals surface area contributed by atoms with Gasteiger partial charge in [-0.2, -0.15) is 13.2 Å². The molecule has 1 aromatic heterocycles. The first kappa shape index (κ1) is 17.7. The summed E-state index contributed by atoms with van der Waals surface area (Å²) in [5.41, 5.74) is -0.957. The minimum Gasteiger partial charge on any atom is -0.481 e. The van der Waals surface area contributed by atoms with Crippen LogP contribution >= 0.6 is 11.3 Å². The Morgan fingerprint density at radius 3 is 2.61 bits per heavy atom. The lowest BCUT2D eigenvalue weighted by Gasteiger charge is -2.29. The van der Waals surface area contributed by atoms with E-state index in [1.807, 2.05) is 0 Å². The number of carboxylic acids is 1. The van der Waals surface area contributed by atoms with E-state index in [4.69, 9.17) is 5.11 Å². The Bertz CT molecular complexity index is 588. The molecule has 2 unspecified atom stereocenters. The molecule has 1 amide bonds. The summed E-state index contributed by atoms with van der Waals surface area (Å²) in [4.78, 5) is 28.2. The number of carbonyl (C=O) groups excluding carboxylic acids is 1. The predicted octanol–water partition coefficient (Wildman–Crippen LogP) is 3.01. The molecule has 23 heavy (non-hydrogen) atoms. The second-order valence-electron chi connectivity index (χ2n) is 5.72. The lowest BCUT2D eigenvalue weighted by Crippen LogP contribution is -2.36. The molecule has 9 heteroatoms. The highest BCUT2D eigenvalue weighted by atomic mass is 32.1. The zero-order valence-corrected chi connectivity index (χ0v) is 13.3. The fourth-order valence-electron chi connectivity index (χ4n) is 2.74. The van der Waals surface area contributed by atoms with E-state index in [1.165, 1.54) is 11.9 Å². The molecule has 2 rings (SSSR count). The number of carbonyl (C=O) groups is 2. The van der Waals surface area contributed by atoms with Crippen LogP contribution in [0.3, 0.4) is 0 Å². The van der Waals surface area contributed by atoms with E-state index in [1.54, 1.807) is 0 Å². The predicted molar refractivity (Wildman–Crippen MR) is 76.7 cm³/mol. The maximum Gasteiger partial charge on any atom is 0.434 e. The van der Waals surface area contributed by atoms with E-state index in [9.17, 15) is 22.8 Å². The number of carboxylic acid groups (broad SMARTS) is 1. The highest BCUT2D eigenvalue weighted by Crippen LogP contribution is 2.32. The molecule has 128 valence electrons. The minimum atomic E-state index is -4.49. The average molecular weight is 350 g/mol. The number of thiazole rings is 1. The lowest BCUT2D eigenvalue weighted by atomic mass is 9.81. The number of alkyl halides is 3.